The first kappa shape index (κ1) is 22.3. The van der Waals surface area contributed by atoms with Gasteiger partial charge in [-0.15, -0.1) is 0 Å². The Hall–Kier alpha value is -3.15. The number of amides is 1. The van der Waals surface area contributed by atoms with Gasteiger partial charge >= 0.3 is 6.09 Å². The minimum atomic E-state index is -0.665. The second kappa shape index (κ2) is 8.21. The van der Waals surface area contributed by atoms with Gasteiger partial charge in [0.1, 0.15) is 11.3 Å². The van der Waals surface area contributed by atoms with Gasteiger partial charge in [-0.1, -0.05) is 18.2 Å². The monoisotopic (exact) mass is 471 g/mol. The number of carbonyl (C=O) groups is 2. The van der Waals surface area contributed by atoms with Crippen LogP contribution in [0, 0.1) is 23.7 Å². The zero-order valence-electron chi connectivity index (χ0n) is 20.7. The summed E-state index contributed by atoms with van der Waals surface area (Å²) in [5.74, 6) is 2.59. The van der Waals surface area contributed by atoms with E-state index in [0.29, 0.717) is 17.5 Å². The van der Waals surface area contributed by atoms with Crippen molar-refractivity contribution < 1.29 is 14.3 Å². The number of nitrogens with one attached hydrogen (secondary N) is 1. The minimum absolute atomic E-state index is 0.197. The van der Waals surface area contributed by atoms with Gasteiger partial charge in [0.15, 0.2) is 0 Å². The Morgan fingerprint density at radius 2 is 1.66 bits per heavy atom. The largest absolute Gasteiger partial charge is 0.443 e. The van der Waals surface area contributed by atoms with E-state index in [1.165, 1.54) is 36.7 Å². The molecule has 0 radical (unpaired) electrons. The highest BCUT2D eigenvalue weighted by Gasteiger charge is 2.48. The van der Waals surface area contributed by atoms with Crippen LogP contribution in [0.3, 0.4) is 0 Å². The Morgan fingerprint density at radius 1 is 0.971 bits per heavy atom. The van der Waals surface area contributed by atoms with Crippen molar-refractivity contribution in [2.24, 2.45) is 23.7 Å². The number of aromatic nitrogens is 2. The molecule has 1 aromatic carbocycles. The average molecular weight is 472 g/mol. The number of rotatable bonds is 3. The standard InChI is InChI=1S/C29H33N3O3/c1-29(2,3)35-28(34)32-16-23(22-13-19-6-4-5-7-24(19)30-15-22)14-25(32)27(33)31-26-20-9-17-8-18(11-20)12-21(26)10-17/h4-7,13-18,20-21,26H,8-12H2,1-3H3,(H,31,33). The van der Waals surface area contributed by atoms with E-state index in [1.807, 2.05) is 51.1 Å². The molecular weight excluding hydrogens is 438 g/mol. The lowest BCUT2D eigenvalue weighted by Gasteiger charge is -2.54. The van der Waals surface area contributed by atoms with Crippen LogP contribution in [-0.4, -0.2) is 33.2 Å². The van der Waals surface area contributed by atoms with Crippen LogP contribution in [0.15, 0.2) is 48.8 Å². The molecule has 4 bridgehead atoms. The number of ether oxygens (including phenoxy) is 1. The van der Waals surface area contributed by atoms with Gasteiger partial charge in [0.2, 0.25) is 0 Å². The van der Waals surface area contributed by atoms with E-state index in [1.54, 1.807) is 18.5 Å². The summed E-state index contributed by atoms with van der Waals surface area (Å²) in [4.78, 5) is 31.3. The van der Waals surface area contributed by atoms with Gasteiger partial charge in [0.05, 0.1) is 5.52 Å². The summed E-state index contributed by atoms with van der Waals surface area (Å²) in [7, 11) is 0. The number of hydrogen-bond donors (Lipinski definition) is 1. The van der Waals surface area contributed by atoms with E-state index >= 15 is 0 Å². The van der Waals surface area contributed by atoms with E-state index in [-0.39, 0.29) is 11.9 Å². The van der Waals surface area contributed by atoms with Crippen LogP contribution in [-0.2, 0) is 4.74 Å². The third-order valence-electron chi connectivity index (χ3n) is 8.09. The first-order valence-electron chi connectivity index (χ1n) is 12.9. The Bertz CT molecular complexity index is 1270. The SMILES string of the molecule is CC(C)(C)OC(=O)n1cc(-c2cnc3ccccc3c2)cc1C(=O)NC1C2CC3CC(C2)CC1C3. The summed E-state index contributed by atoms with van der Waals surface area (Å²) in [6.45, 7) is 5.49. The molecule has 4 fully saturated rings. The molecule has 182 valence electrons. The molecule has 6 nitrogen and oxygen atoms in total. The van der Waals surface area contributed by atoms with E-state index in [2.05, 4.69) is 10.3 Å². The average Bonchev–Trinajstić information content (AvgIpc) is 3.25. The third kappa shape index (κ3) is 4.24. The lowest BCUT2D eigenvalue weighted by molar-refractivity contribution is -0.0121. The summed E-state index contributed by atoms with van der Waals surface area (Å²) in [6, 6.07) is 11.9. The zero-order chi connectivity index (χ0) is 24.3. The highest BCUT2D eigenvalue weighted by molar-refractivity contribution is 5.98. The van der Waals surface area contributed by atoms with E-state index in [0.717, 1.165) is 33.9 Å². The fourth-order valence-electron chi connectivity index (χ4n) is 6.87. The Kier molecular flexibility index (Phi) is 5.24. The minimum Gasteiger partial charge on any atom is -0.443 e. The van der Waals surface area contributed by atoms with Gasteiger partial charge in [-0.25, -0.2) is 9.36 Å². The molecular formula is C29H33N3O3. The van der Waals surface area contributed by atoms with Crippen molar-refractivity contribution in [3.8, 4) is 11.1 Å². The lowest BCUT2D eigenvalue weighted by Crippen LogP contribution is -2.56. The second-order valence-electron chi connectivity index (χ2n) is 11.8. The van der Waals surface area contributed by atoms with E-state index in [9.17, 15) is 9.59 Å². The fraction of sp³-hybridized carbons (Fsp3) is 0.483. The highest BCUT2D eigenvalue weighted by Crippen LogP contribution is 2.53. The van der Waals surface area contributed by atoms with Crippen molar-refractivity contribution in [2.75, 3.05) is 0 Å². The van der Waals surface area contributed by atoms with Crippen LogP contribution >= 0.6 is 0 Å². The molecule has 7 rings (SSSR count). The van der Waals surface area contributed by atoms with Crippen LogP contribution in [0.2, 0.25) is 0 Å². The fourth-order valence-corrected chi connectivity index (χ4v) is 6.87. The summed E-state index contributed by atoms with van der Waals surface area (Å²) in [5.41, 5.74) is 2.18. The normalized spacial score (nSPS) is 27.2. The van der Waals surface area contributed by atoms with E-state index < -0.39 is 11.7 Å². The number of fused-ring (bicyclic) bond motifs is 1. The summed E-state index contributed by atoms with van der Waals surface area (Å²) in [5, 5.41) is 4.36. The molecule has 4 saturated carbocycles. The number of benzene rings is 1. The molecule has 0 aliphatic heterocycles. The van der Waals surface area contributed by atoms with E-state index in [4.69, 9.17) is 4.74 Å². The van der Waals surface area contributed by atoms with Crippen molar-refractivity contribution >= 4 is 22.9 Å². The Labute approximate surface area is 206 Å². The molecule has 2 heterocycles. The van der Waals surface area contributed by atoms with Gasteiger partial charge in [-0.2, -0.15) is 0 Å². The number of hydrogen-bond acceptors (Lipinski definition) is 4. The van der Waals surface area contributed by atoms with Crippen LogP contribution in [0.5, 0.6) is 0 Å². The molecule has 0 unspecified atom stereocenters. The topological polar surface area (TPSA) is 73.2 Å². The maximum atomic E-state index is 13.6. The molecule has 3 aromatic rings. The Morgan fingerprint density at radius 3 is 2.34 bits per heavy atom. The molecule has 35 heavy (non-hydrogen) atoms. The highest BCUT2D eigenvalue weighted by atomic mass is 16.6. The molecule has 0 saturated heterocycles. The smallest absolute Gasteiger partial charge is 0.419 e. The van der Waals surface area contributed by atoms with Crippen LogP contribution in [0.1, 0.15) is 63.4 Å². The molecule has 2 aromatic heterocycles. The van der Waals surface area contributed by atoms with Gasteiger partial charge in [0.25, 0.3) is 5.91 Å². The number of para-hydroxylation sites is 1. The first-order valence-corrected chi connectivity index (χ1v) is 12.9. The van der Waals surface area contributed by atoms with Gasteiger partial charge in [-0.05, 0) is 94.7 Å². The maximum absolute atomic E-state index is 13.6. The molecule has 6 heteroatoms. The summed E-state index contributed by atoms with van der Waals surface area (Å²) < 4.78 is 7.01. The Balaban J connectivity index is 1.33. The van der Waals surface area contributed by atoms with Gasteiger partial charge < -0.3 is 10.1 Å². The van der Waals surface area contributed by atoms with Gasteiger partial charge in [0, 0.05) is 34.9 Å². The number of nitrogens with zero attached hydrogens (tertiary/aromatic N) is 2. The summed E-state index contributed by atoms with van der Waals surface area (Å²) >= 11 is 0. The summed E-state index contributed by atoms with van der Waals surface area (Å²) in [6.07, 6.45) is 9.20. The second-order valence-corrected chi connectivity index (χ2v) is 11.8. The van der Waals surface area contributed by atoms with Crippen LogP contribution < -0.4 is 5.32 Å². The molecule has 4 aliphatic carbocycles. The molecule has 1 amide bonds. The van der Waals surface area contributed by atoms with Crippen molar-refractivity contribution in [3.05, 3.63) is 54.5 Å². The van der Waals surface area contributed by atoms with Crippen molar-refractivity contribution in [2.45, 2.75) is 64.5 Å². The molecule has 0 atom stereocenters. The number of pyridine rings is 1. The van der Waals surface area contributed by atoms with Crippen LogP contribution in [0.4, 0.5) is 4.79 Å². The first-order chi connectivity index (χ1) is 16.7. The zero-order valence-corrected chi connectivity index (χ0v) is 20.7. The maximum Gasteiger partial charge on any atom is 0.419 e. The van der Waals surface area contributed by atoms with Crippen molar-refractivity contribution in [1.29, 1.82) is 0 Å². The molecule has 4 aliphatic rings. The molecule has 1 N–H and O–H groups in total. The van der Waals surface area contributed by atoms with Crippen molar-refractivity contribution in [3.63, 3.8) is 0 Å². The van der Waals surface area contributed by atoms with Crippen molar-refractivity contribution in [1.82, 2.24) is 14.9 Å². The third-order valence-corrected chi connectivity index (χ3v) is 8.09. The van der Waals surface area contributed by atoms with Gasteiger partial charge in [-0.3, -0.25) is 9.78 Å². The van der Waals surface area contributed by atoms with Crippen LogP contribution in [0.25, 0.3) is 22.0 Å². The lowest BCUT2D eigenvalue weighted by atomic mass is 9.54. The number of carbonyl (C=O) groups excluding carboxylic acids is 2. The quantitative estimate of drug-likeness (QED) is 0.505. The predicted octanol–water partition coefficient (Wildman–Crippen LogP) is 6.04. The molecule has 0 spiro atoms. The predicted molar refractivity (Wildman–Crippen MR) is 135 cm³/mol.